The standard InChI is InChI=1S/C18H19N5O2/c19-17(24)15-11-12-5-1-2-6-14(12)23(15)18(25)13-7-8-16(21-20-13)22-9-3-4-10-22/h1-2,5-8,15H,3-4,9-11H2,(H2,19,24)/t15-/m0/s1. The normalized spacial score (nSPS) is 19.1. The fourth-order valence-electron chi connectivity index (χ4n) is 3.54. The second kappa shape index (κ2) is 6.16. The predicted octanol–water partition coefficient (Wildman–Crippen LogP) is 1.13. The molecule has 2 aliphatic rings. The number of nitrogens with two attached hydrogens (primary N) is 1. The van der Waals surface area contributed by atoms with Gasteiger partial charge in [-0.15, -0.1) is 10.2 Å². The van der Waals surface area contributed by atoms with Crippen molar-refractivity contribution in [2.24, 2.45) is 5.73 Å². The Morgan fingerprint density at radius 3 is 2.48 bits per heavy atom. The molecule has 7 nitrogen and oxygen atoms in total. The molecule has 0 spiro atoms. The second-order valence-corrected chi connectivity index (χ2v) is 6.40. The van der Waals surface area contributed by atoms with Crippen molar-refractivity contribution in [3.05, 3.63) is 47.7 Å². The topological polar surface area (TPSA) is 92.4 Å². The third-order valence-corrected chi connectivity index (χ3v) is 4.82. The lowest BCUT2D eigenvalue weighted by Gasteiger charge is -2.23. The zero-order valence-electron chi connectivity index (χ0n) is 13.8. The van der Waals surface area contributed by atoms with Gasteiger partial charge in [0.15, 0.2) is 11.5 Å². The summed E-state index contributed by atoms with van der Waals surface area (Å²) in [5.74, 6) is -0.0947. The molecule has 0 radical (unpaired) electrons. The average molecular weight is 337 g/mol. The number of benzene rings is 1. The second-order valence-electron chi connectivity index (χ2n) is 6.40. The van der Waals surface area contributed by atoms with Crippen LogP contribution in [-0.2, 0) is 11.2 Å². The maximum absolute atomic E-state index is 13.0. The van der Waals surface area contributed by atoms with Gasteiger partial charge in [-0.1, -0.05) is 18.2 Å². The highest BCUT2D eigenvalue weighted by Crippen LogP contribution is 2.33. The van der Waals surface area contributed by atoms with Gasteiger partial charge in [-0.05, 0) is 36.6 Å². The Labute approximate surface area is 145 Å². The van der Waals surface area contributed by atoms with Crippen LogP contribution in [0.3, 0.4) is 0 Å². The van der Waals surface area contributed by atoms with Gasteiger partial charge in [0, 0.05) is 25.2 Å². The van der Waals surface area contributed by atoms with E-state index in [-0.39, 0.29) is 11.6 Å². The van der Waals surface area contributed by atoms with Gasteiger partial charge in [-0.2, -0.15) is 0 Å². The molecule has 1 aromatic heterocycles. The molecule has 128 valence electrons. The third kappa shape index (κ3) is 2.71. The zero-order valence-corrected chi connectivity index (χ0v) is 13.8. The van der Waals surface area contributed by atoms with Crippen molar-refractivity contribution >= 4 is 23.3 Å². The lowest BCUT2D eigenvalue weighted by molar-refractivity contribution is -0.119. The van der Waals surface area contributed by atoms with E-state index in [0.29, 0.717) is 12.1 Å². The molecule has 1 fully saturated rings. The van der Waals surface area contributed by atoms with Crippen molar-refractivity contribution in [2.45, 2.75) is 25.3 Å². The van der Waals surface area contributed by atoms with Gasteiger partial charge < -0.3 is 10.6 Å². The number of carbonyl (C=O) groups is 2. The van der Waals surface area contributed by atoms with E-state index in [1.807, 2.05) is 30.3 Å². The lowest BCUT2D eigenvalue weighted by atomic mass is 10.1. The first-order valence-corrected chi connectivity index (χ1v) is 8.44. The minimum absolute atomic E-state index is 0.214. The lowest BCUT2D eigenvalue weighted by Crippen LogP contribution is -2.46. The van der Waals surface area contributed by atoms with Crippen LogP contribution in [0, 0.1) is 0 Å². The Balaban J connectivity index is 1.63. The molecule has 2 aromatic rings. The number of hydrogen-bond acceptors (Lipinski definition) is 5. The van der Waals surface area contributed by atoms with Gasteiger partial charge >= 0.3 is 0 Å². The van der Waals surface area contributed by atoms with E-state index in [1.54, 1.807) is 6.07 Å². The first-order valence-electron chi connectivity index (χ1n) is 8.44. The van der Waals surface area contributed by atoms with E-state index >= 15 is 0 Å². The van der Waals surface area contributed by atoms with E-state index in [4.69, 9.17) is 5.73 Å². The van der Waals surface area contributed by atoms with Gasteiger partial charge in [0.1, 0.15) is 6.04 Å². The molecule has 4 rings (SSSR count). The zero-order chi connectivity index (χ0) is 17.4. The van der Waals surface area contributed by atoms with Crippen molar-refractivity contribution in [2.75, 3.05) is 22.9 Å². The van der Waals surface area contributed by atoms with E-state index in [9.17, 15) is 9.59 Å². The molecule has 1 saturated heterocycles. The highest BCUT2D eigenvalue weighted by molar-refractivity contribution is 6.10. The molecule has 1 atom stereocenters. The molecular weight excluding hydrogens is 318 g/mol. The molecule has 2 amide bonds. The number of rotatable bonds is 3. The minimum Gasteiger partial charge on any atom is -0.368 e. The Hall–Kier alpha value is -2.96. The Morgan fingerprint density at radius 1 is 1.04 bits per heavy atom. The third-order valence-electron chi connectivity index (χ3n) is 4.82. The monoisotopic (exact) mass is 337 g/mol. The number of para-hydroxylation sites is 1. The summed E-state index contributed by atoms with van der Waals surface area (Å²) >= 11 is 0. The van der Waals surface area contributed by atoms with Crippen LogP contribution in [0.15, 0.2) is 36.4 Å². The molecule has 0 bridgehead atoms. The number of aromatic nitrogens is 2. The summed E-state index contributed by atoms with van der Waals surface area (Å²) in [5.41, 5.74) is 7.37. The molecule has 0 unspecified atom stereocenters. The summed E-state index contributed by atoms with van der Waals surface area (Å²) in [4.78, 5) is 28.4. The number of anilines is 2. The largest absolute Gasteiger partial charge is 0.368 e. The van der Waals surface area contributed by atoms with Crippen LogP contribution in [0.5, 0.6) is 0 Å². The number of primary amides is 1. The number of nitrogens with zero attached hydrogens (tertiary/aromatic N) is 4. The molecule has 0 aliphatic carbocycles. The highest BCUT2D eigenvalue weighted by atomic mass is 16.2. The van der Waals surface area contributed by atoms with Gasteiger partial charge in [-0.25, -0.2) is 0 Å². The Kier molecular flexibility index (Phi) is 3.83. The van der Waals surface area contributed by atoms with Gasteiger partial charge in [0.25, 0.3) is 5.91 Å². The molecular formula is C18H19N5O2. The summed E-state index contributed by atoms with van der Waals surface area (Å²) < 4.78 is 0. The minimum atomic E-state index is -0.690. The van der Waals surface area contributed by atoms with Crippen LogP contribution in [-0.4, -0.2) is 41.1 Å². The van der Waals surface area contributed by atoms with Crippen LogP contribution < -0.4 is 15.5 Å². The van der Waals surface area contributed by atoms with E-state index in [1.165, 1.54) is 4.90 Å². The van der Waals surface area contributed by atoms with Crippen LogP contribution in [0.25, 0.3) is 0 Å². The average Bonchev–Trinajstić information content (AvgIpc) is 3.29. The summed E-state index contributed by atoms with van der Waals surface area (Å²) in [6.45, 7) is 1.93. The first kappa shape index (κ1) is 15.6. The summed E-state index contributed by atoms with van der Waals surface area (Å²) in [6.07, 6.45) is 2.72. The quantitative estimate of drug-likeness (QED) is 0.906. The molecule has 0 saturated carbocycles. The maximum atomic E-state index is 13.0. The smallest absolute Gasteiger partial charge is 0.279 e. The van der Waals surface area contributed by atoms with E-state index < -0.39 is 11.9 Å². The van der Waals surface area contributed by atoms with Crippen molar-refractivity contribution in [3.8, 4) is 0 Å². The molecule has 1 aromatic carbocycles. The van der Waals surface area contributed by atoms with Crippen molar-refractivity contribution in [1.29, 1.82) is 0 Å². The number of amides is 2. The fourth-order valence-corrected chi connectivity index (χ4v) is 3.54. The van der Waals surface area contributed by atoms with E-state index in [2.05, 4.69) is 15.1 Å². The first-order chi connectivity index (χ1) is 12.1. The van der Waals surface area contributed by atoms with Gasteiger partial charge in [0.2, 0.25) is 5.91 Å². The number of carbonyl (C=O) groups excluding carboxylic acids is 2. The SMILES string of the molecule is NC(=O)[C@@H]1Cc2ccccc2N1C(=O)c1ccc(N2CCCC2)nn1. The molecule has 2 aliphatic heterocycles. The van der Waals surface area contributed by atoms with Crippen LogP contribution in [0.2, 0.25) is 0 Å². The van der Waals surface area contributed by atoms with E-state index in [0.717, 1.165) is 37.3 Å². The van der Waals surface area contributed by atoms with Gasteiger partial charge in [0.05, 0.1) is 0 Å². The van der Waals surface area contributed by atoms with Crippen molar-refractivity contribution < 1.29 is 9.59 Å². The van der Waals surface area contributed by atoms with Crippen LogP contribution in [0.4, 0.5) is 11.5 Å². The Bertz CT molecular complexity index is 814. The fraction of sp³-hybridized carbons (Fsp3) is 0.333. The Morgan fingerprint density at radius 2 is 1.80 bits per heavy atom. The molecule has 2 N–H and O–H groups in total. The van der Waals surface area contributed by atoms with Crippen molar-refractivity contribution in [3.63, 3.8) is 0 Å². The number of fused-ring (bicyclic) bond motifs is 1. The van der Waals surface area contributed by atoms with Crippen LogP contribution in [0.1, 0.15) is 28.9 Å². The van der Waals surface area contributed by atoms with Gasteiger partial charge in [-0.3, -0.25) is 14.5 Å². The highest BCUT2D eigenvalue weighted by Gasteiger charge is 2.38. The summed E-state index contributed by atoms with van der Waals surface area (Å²) in [5, 5.41) is 8.29. The summed E-state index contributed by atoms with van der Waals surface area (Å²) in [7, 11) is 0. The van der Waals surface area contributed by atoms with Crippen LogP contribution >= 0.6 is 0 Å². The van der Waals surface area contributed by atoms with Crippen molar-refractivity contribution in [1.82, 2.24) is 10.2 Å². The number of hydrogen-bond donors (Lipinski definition) is 1. The predicted molar refractivity (Wildman–Crippen MR) is 93.4 cm³/mol. The molecule has 25 heavy (non-hydrogen) atoms. The molecule has 7 heteroatoms. The summed E-state index contributed by atoms with van der Waals surface area (Å²) in [6, 6.07) is 10.2. The molecule has 3 heterocycles. The maximum Gasteiger partial charge on any atom is 0.279 e.